The van der Waals surface area contributed by atoms with Crippen LogP contribution >= 0.6 is 12.4 Å². The smallest absolute Gasteiger partial charge is 0.124 e. The summed E-state index contributed by atoms with van der Waals surface area (Å²) in [4.78, 5) is 0. The van der Waals surface area contributed by atoms with Gasteiger partial charge in [-0.1, -0.05) is 48.5 Å². The lowest BCUT2D eigenvalue weighted by Crippen LogP contribution is -2.11. The highest BCUT2D eigenvalue weighted by molar-refractivity contribution is 5.85. The van der Waals surface area contributed by atoms with Gasteiger partial charge in [0.05, 0.1) is 12.5 Å². The van der Waals surface area contributed by atoms with Gasteiger partial charge < -0.3 is 10.5 Å². The van der Waals surface area contributed by atoms with Gasteiger partial charge in [0, 0.05) is 11.6 Å². The molecule has 0 bridgehead atoms. The molecule has 3 nitrogen and oxygen atoms in total. The summed E-state index contributed by atoms with van der Waals surface area (Å²) in [5, 5.41) is 8.73. The van der Waals surface area contributed by atoms with Gasteiger partial charge in [-0.2, -0.15) is 5.26 Å². The minimum atomic E-state index is -0.308. The standard InChI is InChI=1S/C16H16N2O.ClH/c17-11-10-15(18)14-8-4-5-9-16(14)19-12-13-6-2-1-3-7-13;/h1-9,15H,10,12,18H2;1H/t15-;/m0./s1. The molecule has 0 aliphatic carbocycles. The zero-order valence-electron chi connectivity index (χ0n) is 11.0. The summed E-state index contributed by atoms with van der Waals surface area (Å²) in [7, 11) is 0. The van der Waals surface area contributed by atoms with Gasteiger partial charge in [-0.25, -0.2) is 0 Å². The fraction of sp³-hybridized carbons (Fsp3) is 0.188. The Bertz CT molecular complexity index is 566. The first-order chi connectivity index (χ1) is 9.31. The Kier molecular flexibility index (Phi) is 6.58. The zero-order valence-corrected chi connectivity index (χ0v) is 11.8. The molecule has 104 valence electrons. The van der Waals surface area contributed by atoms with E-state index in [1.54, 1.807) is 0 Å². The van der Waals surface area contributed by atoms with E-state index in [1.165, 1.54) is 0 Å². The molecule has 0 aliphatic rings. The largest absolute Gasteiger partial charge is 0.489 e. The first kappa shape index (κ1) is 16.0. The van der Waals surface area contributed by atoms with Crippen molar-refractivity contribution in [2.75, 3.05) is 0 Å². The summed E-state index contributed by atoms with van der Waals surface area (Å²) in [6, 6.07) is 19.3. The quantitative estimate of drug-likeness (QED) is 0.914. The van der Waals surface area contributed by atoms with Gasteiger partial charge in [0.25, 0.3) is 0 Å². The molecule has 0 saturated heterocycles. The van der Waals surface area contributed by atoms with Crippen LogP contribution in [-0.4, -0.2) is 0 Å². The number of para-hydroxylation sites is 1. The van der Waals surface area contributed by atoms with Crippen molar-refractivity contribution < 1.29 is 4.74 Å². The average molecular weight is 289 g/mol. The molecule has 0 spiro atoms. The first-order valence-electron chi connectivity index (χ1n) is 6.19. The summed E-state index contributed by atoms with van der Waals surface area (Å²) in [5.41, 5.74) is 7.95. The number of benzene rings is 2. The van der Waals surface area contributed by atoms with Gasteiger partial charge in [0.15, 0.2) is 0 Å². The molecule has 0 amide bonds. The molecule has 2 N–H and O–H groups in total. The van der Waals surface area contributed by atoms with Crippen molar-refractivity contribution in [3.8, 4) is 11.8 Å². The Morgan fingerprint density at radius 2 is 1.70 bits per heavy atom. The number of nitrogens with zero attached hydrogens (tertiary/aromatic N) is 1. The van der Waals surface area contributed by atoms with Crippen LogP contribution in [0.2, 0.25) is 0 Å². The molecule has 0 aromatic heterocycles. The highest BCUT2D eigenvalue weighted by Gasteiger charge is 2.11. The number of hydrogen-bond acceptors (Lipinski definition) is 3. The number of halogens is 1. The van der Waals surface area contributed by atoms with Crippen LogP contribution in [0.25, 0.3) is 0 Å². The maximum absolute atomic E-state index is 8.73. The van der Waals surface area contributed by atoms with Crippen LogP contribution in [0.5, 0.6) is 5.75 Å². The Morgan fingerprint density at radius 1 is 1.05 bits per heavy atom. The van der Waals surface area contributed by atoms with Crippen molar-refractivity contribution in [1.29, 1.82) is 5.26 Å². The number of ether oxygens (including phenoxy) is 1. The van der Waals surface area contributed by atoms with Crippen LogP contribution in [0.15, 0.2) is 54.6 Å². The number of rotatable bonds is 5. The minimum Gasteiger partial charge on any atom is -0.489 e. The topological polar surface area (TPSA) is 59.0 Å². The monoisotopic (exact) mass is 288 g/mol. The molecule has 2 aromatic carbocycles. The second kappa shape index (κ2) is 8.21. The van der Waals surface area contributed by atoms with E-state index in [0.29, 0.717) is 6.61 Å². The summed E-state index contributed by atoms with van der Waals surface area (Å²) >= 11 is 0. The van der Waals surface area contributed by atoms with E-state index >= 15 is 0 Å². The molecule has 0 saturated carbocycles. The lowest BCUT2D eigenvalue weighted by atomic mass is 10.0. The maximum Gasteiger partial charge on any atom is 0.124 e. The van der Waals surface area contributed by atoms with Crippen molar-refractivity contribution in [3.63, 3.8) is 0 Å². The van der Waals surface area contributed by atoms with E-state index in [4.69, 9.17) is 15.7 Å². The molecule has 20 heavy (non-hydrogen) atoms. The summed E-state index contributed by atoms with van der Waals surface area (Å²) < 4.78 is 5.80. The second-order valence-electron chi connectivity index (χ2n) is 4.28. The third kappa shape index (κ3) is 4.27. The van der Waals surface area contributed by atoms with Gasteiger partial charge >= 0.3 is 0 Å². The second-order valence-corrected chi connectivity index (χ2v) is 4.28. The van der Waals surface area contributed by atoms with Crippen molar-refractivity contribution in [3.05, 3.63) is 65.7 Å². The zero-order chi connectivity index (χ0) is 13.5. The third-order valence-corrected chi connectivity index (χ3v) is 2.87. The van der Waals surface area contributed by atoms with Crippen LogP contribution in [0, 0.1) is 11.3 Å². The number of hydrogen-bond donors (Lipinski definition) is 1. The maximum atomic E-state index is 8.73. The predicted octanol–water partition coefficient (Wildman–Crippen LogP) is 3.60. The molecule has 0 unspecified atom stereocenters. The highest BCUT2D eigenvalue weighted by Crippen LogP contribution is 2.26. The molecule has 0 heterocycles. The fourth-order valence-corrected chi connectivity index (χ4v) is 1.86. The summed E-state index contributed by atoms with van der Waals surface area (Å²) in [5.74, 6) is 0.745. The Hall–Kier alpha value is -2.02. The molecule has 2 aromatic rings. The molecule has 0 aliphatic heterocycles. The van der Waals surface area contributed by atoms with Crippen molar-refractivity contribution in [2.45, 2.75) is 19.1 Å². The minimum absolute atomic E-state index is 0. The van der Waals surface area contributed by atoms with Crippen molar-refractivity contribution in [2.24, 2.45) is 5.73 Å². The number of nitrogens with two attached hydrogens (primary N) is 1. The van der Waals surface area contributed by atoms with E-state index < -0.39 is 0 Å². The number of nitriles is 1. The van der Waals surface area contributed by atoms with Crippen LogP contribution in [0.1, 0.15) is 23.6 Å². The van der Waals surface area contributed by atoms with E-state index in [0.717, 1.165) is 16.9 Å². The van der Waals surface area contributed by atoms with Crippen molar-refractivity contribution >= 4 is 12.4 Å². The van der Waals surface area contributed by atoms with E-state index in [-0.39, 0.29) is 24.9 Å². The molecule has 0 radical (unpaired) electrons. The Balaban J connectivity index is 0.00000200. The van der Waals surface area contributed by atoms with Crippen LogP contribution in [0.3, 0.4) is 0 Å². The molecular weight excluding hydrogens is 272 g/mol. The lowest BCUT2D eigenvalue weighted by Gasteiger charge is -2.14. The molecule has 0 fully saturated rings. The Morgan fingerprint density at radius 3 is 2.40 bits per heavy atom. The van der Waals surface area contributed by atoms with Crippen molar-refractivity contribution in [1.82, 2.24) is 0 Å². The molecule has 1 atom stereocenters. The lowest BCUT2D eigenvalue weighted by molar-refractivity contribution is 0.301. The van der Waals surface area contributed by atoms with Gasteiger partial charge in [-0.15, -0.1) is 12.4 Å². The van der Waals surface area contributed by atoms with Gasteiger partial charge in [0.1, 0.15) is 12.4 Å². The van der Waals surface area contributed by atoms with E-state index in [9.17, 15) is 0 Å². The average Bonchev–Trinajstić information content (AvgIpc) is 2.47. The van der Waals surface area contributed by atoms with Crippen LogP contribution in [-0.2, 0) is 6.61 Å². The van der Waals surface area contributed by atoms with Gasteiger partial charge in [-0.05, 0) is 11.6 Å². The SMILES string of the molecule is Cl.N#CC[C@H](N)c1ccccc1OCc1ccccc1. The van der Waals surface area contributed by atoms with Crippen LogP contribution in [0.4, 0.5) is 0 Å². The van der Waals surface area contributed by atoms with Gasteiger partial charge in [0.2, 0.25) is 0 Å². The molecule has 2 rings (SSSR count). The van der Waals surface area contributed by atoms with E-state index in [2.05, 4.69) is 6.07 Å². The van der Waals surface area contributed by atoms with Gasteiger partial charge in [-0.3, -0.25) is 0 Å². The summed E-state index contributed by atoms with van der Waals surface area (Å²) in [6.45, 7) is 0.497. The Labute approximate surface area is 125 Å². The normalized spacial score (nSPS) is 11.0. The highest BCUT2D eigenvalue weighted by atomic mass is 35.5. The third-order valence-electron chi connectivity index (χ3n) is 2.87. The molecular formula is C16H17ClN2O. The van der Waals surface area contributed by atoms with Crippen LogP contribution < -0.4 is 10.5 Å². The summed E-state index contributed by atoms with van der Waals surface area (Å²) in [6.07, 6.45) is 0.283. The predicted molar refractivity (Wildman–Crippen MR) is 81.6 cm³/mol. The fourth-order valence-electron chi connectivity index (χ4n) is 1.86. The van der Waals surface area contributed by atoms with E-state index in [1.807, 2.05) is 54.6 Å². The first-order valence-corrected chi connectivity index (χ1v) is 6.19. The molecule has 4 heteroatoms.